The normalized spacial score (nSPS) is 16.1. The Labute approximate surface area is 213 Å². The zero-order valence-electron chi connectivity index (χ0n) is 19.9. The molecule has 6 nitrogen and oxygen atoms in total. The van der Waals surface area contributed by atoms with Crippen molar-refractivity contribution in [2.45, 2.75) is 49.9 Å². The van der Waals surface area contributed by atoms with Crippen molar-refractivity contribution >= 4 is 33.3 Å². The summed E-state index contributed by atoms with van der Waals surface area (Å²) in [4.78, 5) is 27.8. The molecule has 1 aliphatic rings. The zero-order valence-corrected chi connectivity index (χ0v) is 21.5. The van der Waals surface area contributed by atoms with E-state index < -0.39 is 33.0 Å². The Morgan fingerprint density at radius 3 is 2.25 bits per heavy atom. The van der Waals surface area contributed by atoms with Crippen molar-refractivity contribution in [3.8, 4) is 0 Å². The molecule has 36 heavy (non-hydrogen) atoms. The maximum Gasteiger partial charge on any atom is 0.497 e. The molecular weight excluding hydrogens is 517 g/mol. The molecule has 0 aromatic heterocycles. The molecule has 1 saturated heterocycles. The number of sulfone groups is 1. The van der Waals surface area contributed by atoms with Crippen molar-refractivity contribution in [1.29, 1.82) is 0 Å². The molecular formula is C25H28ClF3N2O4S. The number of amides is 2. The summed E-state index contributed by atoms with van der Waals surface area (Å²) in [6.45, 7) is 4.62. The summed E-state index contributed by atoms with van der Waals surface area (Å²) in [6, 6.07) is 11.8. The minimum Gasteiger partial charge on any atom is -0.341 e. The van der Waals surface area contributed by atoms with Gasteiger partial charge < -0.3 is 10.2 Å². The van der Waals surface area contributed by atoms with Gasteiger partial charge in [-0.15, -0.1) is 0 Å². The van der Waals surface area contributed by atoms with E-state index in [2.05, 4.69) is 5.32 Å². The highest BCUT2D eigenvalue weighted by atomic mass is 35.5. The van der Waals surface area contributed by atoms with Crippen LogP contribution in [0.4, 0.5) is 13.2 Å². The fourth-order valence-corrected chi connectivity index (χ4v) is 5.11. The monoisotopic (exact) mass is 544 g/mol. The number of nitrogens with zero attached hydrogens (tertiary/aromatic N) is 1. The number of piperidine rings is 1. The predicted molar refractivity (Wildman–Crippen MR) is 131 cm³/mol. The summed E-state index contributed by atoms with van der Waals surface area (Å²) in [6.07, 6.45) is 1.53. The number of likely N-dealkylation sites (tertiary alicyclic amines) is 1. The zero-order chi connectivity index (χ0) is 26.7. The van der Waals surface area contributed by atoms with Crippen LogP contribution in [0.25, 0.3) is 0 Å². The second-order valence-corrected chi connectivity index (χ2v) is 11.7. The Hall–Kier alpha value is -2.59. The van der Waals surface area contributed by atoms with Gasteiger partial charge in [0.2, 0.25) is 5.91 Å². The molecule has 196 valence electrons. The molecule has 1 atom stereocenters. The van der Waals surface area contributed by atoms with Crippen LogP contribution in [0.3, 0.4) is 0 Å². The van der Waals surface area contributed by atoms with Gasteiger partial charge in [-0.1, -0.05) is 49.7 Å². The lowest BCUT2D eigenvalue weighted by molar-refractivity contribution is -0.135. The topological polar surface area (TPSA) is 83.5 Å². The van der Waals surface area contributed by atoms with Crippen LogP contribution in [0.15, 0.2) is 48.5 Å². The summed E-state index contributed by atoms with van der Waals surface area (Å²) in [5.41, 5.74) is -4.42. The number of alkyl halides is 3. The summed E-state index contributed by atoms with van der Waals surface area (Å²) in [5.74, 6) is -2.11. The fourth-order valence-electron chi connectivity index (χ4n) is 4.21. The SMILES string of the molecule is CC(C)[C@@H](NC(=O)c1cccc(CS(=O)(=O)C(F)(F)F)c1)C(=O)N1CCC(c2ccc(Cl)cc2)CC1. The van der Waals surface area contributed by atoms with Gasteiger partial charge in [0.15, 0.2) is 0 Å². The van der Waals surface area contributed by atoms with E-state index in [9.17, 15) is 31.2 Å². The van der Waals surface area contributed by atoms with Crippen LogP contribution in [0.5, 0.6) is 0 Å². The van der Waals surface area contributed by atoms with Crippen molar-refractivity contribution in [2.75, 3.05) is 13.1 Å². The van der Waals surface area contributed by atoms with Gasteiger partial charge in [-0.2, -0.15) is 13.2 Å². The first-order valence-electron chi connectivity index (χ1n) is 11.5. The van der Waals surface area contributed by atoms with Crippen LogP contribution >= 0.6 is 11.6 Å². The van der Waals surface area contributed by atoms with Gasteiger partial charge in [-0.3, -0.25) is 9.59 Å². The van der Waals surface area contributed by atoms with E-state index in [1.165, 1.54) is 18.2 Å². The predicted octanol–water partition coefficient (Wildman–Crippen LogP) is 4.94. The van der Waals surface area contributed by atoms with Gasteiger partial charge in [0.1, 0.15) is 6.04 Å². The lowest BCUT2D eigenvalue weighted by Gasteiger charge is -2.35. The van der Waals surface area contributed by atoms with Crippen molar-refractivity contribution in [3.05, 3.63) is 70.2 Å². The maximum atomic E-state index is 13.2. The molecule has 2 aromatic carbocycles. The van der Waals surface area contributed by atoms with Gasteiger partial charge in [0.05, 0.1) is 5.75 Å². The molecule has 0 bridgehead atoms. The highest BCUT2D eigenvalue weighted by Gasteiger charge is 2.45. The van der Waals surface area contributed by atoms with Gasteiger partial charge in [-0.05, 0) is 60.1 Å². The number of rotatable bonds is 7. The van der Waals surface area contributed by atoms with Crippen molar-refractivity contribution in [3.63, 3.8) is 0 Å². The summed E-state index contributed by atoms with van der Waals surface area (Å²) >= 11 is 5.96. The highest BCUT2D eigenvalue weighted by molar-refractivity contribution is 7.91. The Balaban J connectivity index is 1.66. The number of carbonyl (C=O) groups excluding carboxylic acids is 2. The summed E-state index contributed by atoms with van der Waals surface area (Å²) in [5, 5.41) is 3.34. The molecule has 3 rings (SSSR count). The number of hydrogen-bond acceptors (Lipinski definition) is 4. The van der Waals surface area contributed by atoms with Crippen molar-refractivity contribution in [1.82, 2.24) is 10.2 Å². The third-order valence-electron chi connectivity index (χ3n) is 6.27. The smallest absolute Gasteiger partial charge is 0.341 e. The minimum atomic E-state index is -5.39. The first-order chi connectivity index (χ1) is 16.8. The second-order valence-electron chi connectivity index (χ2n) is 9.25. The van der Waals surface area contributed by atoms with E-state index in [4.69, 9.17) is 11.6 Å². The fraction of sp³-hybridized carbons (Fsp3) is 0.440. The highest BCUT2D eigenvalue weighted by Crippen LogP contribution is 2.30. The molecule has 2 aromatic rings. The van der Waals surface area contributed by atoms with Crippen molar-refractivity contribution < 1.29 is 31.2 Å². The summed E-state index contributed by atoms with van der Waals surface area (Å²) in [7, 11) is -5.38. The van der Waals surface area contributed by atoms with Gasteiger partial charge >= 0.3 is 5.51 Å². The standard InChI is InChI=1S/C25H28ClF3N2O4S/c1-16(2)22(24(33)31-12-10-19(11-13-31)18-6-8-21(26)9-7-18)30-23(32)20-5-3-4-17(14-20)15-36(34,35)25(27,28)29/h3-9,14,16,19,22H,10-13,15H2,1-2H3,(H,30,32)/t22-/m1/s1. The Bertz CT molecular complexity index is 1190. The molecule has 0 spiro atoms. The van der Waals surface area contributed by atoms with E-state index >= 15 is 0 Å². The van der Waals surface area contributed by atoms with E-state index in [1.54, 1.807) is 18.7 Å². The van der Waals surface area contributed by atoms with Crippen LogP contribution < -0.4 is 5.32 Å². The number of nitrogens with one attached hydrogen (secondary N) is 1. The van der Waals surface area contributed by atoms with Crippen LogP contribution in [0.1, 0.15) is 54.1 Å². The number of hydrogen-bond donors (Lipinski definition) is 1. The Morgan fingerprint density at radius 2 is 1.69 bits per heavy atom. The molecule has 1 heterocycles. The molecule has 0 saturated carbocycles. The number of benzene rings is 2. The van der Waals surface area contributed by atoms with Gasteiger partial charge in [0.25, 0.3) is 15.7 Å². The second kappa shape index (κ2) is 11.2. The van der Waals surface area contributed by atoms with Crippen LogP contribution in [-0.4, -0.2) is 49.8 Å². The average molecular weight is 545 g/mol. The first kappa shape index (κ1) is 28.0. The van der Waals surface area contributed by atoms with Crippen LogP contribution in [-0.2, 0) is 20.4 Å². The van der Waals surface area contributed by atoms with Crippen LogP contribution in [0, 0.1) is 5.92 Å². The number of carbonyl (C=O) groups is 2. The molecule has 0 unspecified atom stereocenters. The van der Waals surface area contributed by atoms with Crippen molar-refractivity contribution in [2.24, 2.45) is 5.92 Å². The van der Waals surface area contributed by atoms with Gasteiger partial charge in [-0.25, -0.2) is 8.42 Å². The molecule has 1 aliphatic heterocycles. The average Bonchev–Trinajstić information content (AvgIpc) is 2.81. The molecule has 1 N–H and O–H groups in total. The van der Waals surface area contributed by atoms with E-state index in [-0.39, 0.29) is 23.0 Å². The molecule has 1 fully saturated rings. The third kappa shape index (κ3) is 6.79. The van der Waals surface area contributed by atoms with E-state index in [1.807, 2.05) is 24.3 Å². The largest absolute Gasteiger partial charge is 0.497 e. The van der Waals surface area contributed by atoms with E-state index in [0.29, 0.717) is 24.0 Å². The lowest BCUT2D eigenvalue weighted by Crippen LogP contribution is -2.52. The molecule has 11 heteroatoms. The Kier molecular flexibility index (Phi) is 8.71. The number of halogens is 4. The van der Waals surface area contributed by atoms with Gasteiger partial charge in [0, 0.05) is 23.7 Å². The Morgan fingerprint density at radius 1 is 1.08 bits per heavy atom. The molecule has 2 amide bonds. The minimum absolute atomic E-state index is 0.0234. The molecule has 0 radical (unpaired) electrons. The maximum absolute atomic E-state index is 13.2. The first-order valence-corrected chi connectivity index (χ1v) is 13.5. The quantitative estimate of drug-likeness (QED) is 0.535. The lowest BCUT2D eigenvalue weighted by atomic mass is 9.89. The van der Waals surface area contributed by atoms with E-state index in [0.717, 1.165) is 24.5 Å². The summed E-state index contributed by atoms with van der Waals surface area (Å²) < 4.78 is 61.1. The molecule has 0 aliphatic carbocycles. The third-order valence-corrected chi connectivity index (χ3v) is 7.94. The van der Waals surface area contributed by atoms with Crippen LogP contribution in [0.2, 0.25) is 5.02 Å².